The largest absolute Gasteiger partial charge is 0.398 e. The fourth-order valence-electron chi connectivity index (χ4n) is 1.28. The van der Waals surface area contributed by atoms with Crippen LogP contribution >= 0.6 is 15.9 Å². The zero-order valence-corrected chi connectivity index (χ0v) is 10.9. The number of sulfonamides is 1. The lowest BCUT2D eigenvalue weighted by molar-refractivity contribution is 0.601. The number of halogens is 1. The van der Waals surface area contributed by atoms with E-state index in [-0.39, 0.29) is 10.6 Å². The van der Waals surface area contributed by atoms with Crippen LogP contribution in [0.15, 0.2) is 40.0 Å². The van der Waals surface area contributed by atoms with Gasteiger partial charge >= 0.3 is 0 Å². The molecule has 1 aromatic heterocycles. The number of nitrogens with one attached hydrogen (secondary N) is 2. The summed E-state index contributed by atoms with van der Waals surface area (Å²) in [6.07, 6.45) is 2.80. The lowest BCUT2D eigenvalue weighted by Crippen LogP contribution is -2.14. The fraction of sp³-hybridized carbons (Fsp3) is 0. The van der Waals surface area contributed by atoms with Crippen LogP contribution in [0.4, 0.5) is 11.4 Å². The van der Waals surface area contributed by atoms with Crippen molar-refractivity contribution in [3.8, 4) is 0 Å². The number of aromatic amines is 1. The molecule has 0 saturated carbocycles. The zero-order valence-electron chi connectivity index (χ0n) is 8.51. The molecule has 8 heteroatoms. The minimum Gasteiger partial charge on any atom is -0.398 e. The summed E-state index contributed by atoms with van der Waals surface area (Å²) in [7, 11) is -3.69. The number of hydrogen-bond acceptors (Lipinski definition) is 4. The third-order valence-corrected chi connectivity index (χ3v) is 3.96. The first-order valence-electron chi connectivity index (χ1n) is 4.56. The van der Waals surface area contributed by atoms with E-state index >= 15 is 0 Å². The van der Waals surface area contributed by atoms with E-state index in [1.165, 1.54) is 24.5 Å². The minimum absolute atomic E-state index is 0.0295. The lowest BCUT2D eigenvalue weighted by atomic mass is 10.3. The van der Waals surface area contributed by atoms with Gasteiger partial charge in [0.2, 0.25) is 0 Å². The SMILES string of the molecule is Nc1cc(Br)ccc1S(=O)(=O)Nc1cn[nH]c1. The van der Waals surface area contributed by atoms with E-state index in [0.29, 0.717) is 5.69 Å². The predicted molar refractivity (Wildman–Crippen MR) is 68.0 cm³/mol. The Balaban J connectivity index is 2.38. The number of anilines is 2. The number of benzene rings is 1. The second-order valence-electron chi connectivity index (χ2n) is 3.27. The van der Waals surface area contributed by atoms with E-state index in [4.69, 9.17) is 5.73 Å². The van der Waals surface area contributed by atoms with Crippen LogP contribution in [0, 0.1) is 0 Å². The van der Waals surface area contributed by atoms with Gasteiger partial charge in [0.1, 0.15) is 4.90 Å². The molecule has 0 aliphatic rings. The van der Waals surface area contributed by atoms with Crippen LogP contribution in [0.25, 0.3) is 0 Å². The summed E-state index contributed by atoms with van der Waals surface area (Å²) in [5.41, 5.74) is 6.19. The number of nitrogens with zero attached hydrogens (tertiary/aromatic N) is 1. The highest BCUT2D eigenvalue weighted by Crippen LogP contribution is 2.24. The van der Waals surface area contributed by atoms with E-state index in [1.54, 1.807) is 6.07 Å². The van der Waals surface area contributed by atoms with E-state index in [2.05, 4.69) is 30.8 Å². The molecule has 1 heterocycles. The summed E-state index contributed by atoms with van der Waals surface area (Å²) in [6.45, 7) is 0. The number of rotatable bonds is 3. The zero-order chi connectivity index (χ0) is 12.5. The third-order valence-electron chi connectivity index (χ3n) is 2.01. The van der Waals surface area contributed by atoms with Crippen LogP contribution in [-0.2, 0) is 10.0 Å². The quantitative estimate of drug-likeness (QED) is 0.748. The maximum absolute atomic E-state index is 12.0. The molecule has 2 rings (SSSR count). The Morgan fingerprint density at radius 2 is 2.18 bits per heavy atom. The fourth-order valence-corrected chi connectivity index (χ4v) is 2.81. The van der Waals surface area contributed by atoms with Gasteiger partial charge < -0.3 is 5.73 Å². The summed E-state index contributed by atoms with van der Waals surface area (Å²) < 4.78 is 27.0. The summed E-state index contributed by atoms with van der Waals surface area (Å²) >= 11 is 3.21. The van der Waals surface area contributed by atoms with Gasteiger partial charge in [-0.1, -0.05) is 15.9 Å². The molecule has 0 fully saturated rings. The van der Waals surface area contributed by atoms with Crippen LogP contribution in [0.5, 0.6) is 0 Å². The Hall–Kier alpha value is -1.54. The molecule has 0 atom stereocenters. The molecule has 0 spiro atoms. The van der Waals surface area contributed by atoms with Crippen molar-refractivity contribution < 1.29 is 8.42 Å². The summed E-state index contributed by atoms with van der Waals surface area (Å²) in [6, 6.07) is 4.58. The first-order valence-corrected chi connectivity index (χ1v) is 6.83. The van der Waals surface area contributed by atoms with Crippen molar-refractivity contribution in [2.75, 3.05) is 10.5 Å². The van der Waals surface area contributed by atoms with Crippen molar-refractivity contribution in [3.05, 3.63) is 35.1 Å². The molecule has 0 saturated heterocycles. The highest BCUT2D eigenvalue weighted by molar-refractivity contribution is 9.10. The molecule has 4 N–H and O–H groups in total. The van der Waals surface area contributed by atoms with Gasteiger partial charge in [0.05, 0.1) is 17.6 Å². The number of aromatic nitrogens is 2. The molecule has 0 aliphatic carbocycles. The maximum Gasteiger partial charge on any atom is 0.264 e. The van der Waals surface area contributed by atoms with Gasteiger partial charge in [0, 0.05) is 10.7 Å². The van der Waals surface area contributed by atoms with Crippen LogP contribution in [0.2, 0.25) is 0 Å². The van der Waals surface area contributed by atoms with Gasteiger partial charge in [0.15, 0.2) is 0 Å². The molecule has 6 nitrogen and oxygen atoms in total. The molecule has 0 amide bonds. The molecule has 0 bridgehead atoms. The molecular formula is C9H9BrN4O2S. The van der Waals surface area contributed by atoms with Crippen LogP contribution < -0.4 is 10.5 Å². The normalized spacial score (nSPS) is 11.4. The molecule has 2 aromatic rings. The highest BCUT2D eigenvalue weighted by Gasteiger charge is 2.17. The minimum atomic E-state index is -3.69. The number of nitrogen functional groups attached to an aromatic ring is 1. The Kier molecular flexibility index (Phi) is 3.07. The molecule has 0 aliphatic heterocycles. The Morgan fingerprint density at radius 1 is 1.41 bits per heavy atom. The van der Waals surface area contributed by atoms with Crippen molar-refractivity contribution in [2.24, 2.45) is 0 Å². The van der Waals surface area contributed by atoms with Crippen molar-refractivity contribution in [3.63, 3.8) is 0 Å². The standard InChI is InChI=1S/C9H9BrN4O2S/c10-6-1-2-9(8(11)3-6)17(15,16)14-7-4-12-13-5-7/h1-5,14H,11H2,(H,12,13). The molecule has 17 heavy (non-hydrogen) atoms. The van der Waals surface area contributed by atoms with Crippen molar-refractivity contribution in [1.82, 2.24) is 10.2 Å². The third kappa shape index (κ3) is 2.59. The van der Waals surface area contributed by atoms with E-state index in [0.717, 1.165) is 4.47 Å². The number of nitrogens with two attached hydrogens (primary N) is 1. The van der Waals surface area contributed by atoms with E-state index in [9.17, 15) is 8.42 Å². The van der Waals surface area contributed by atoms with Crippen molar-refractivity contribution >= 4 is 37.3 Å². The molecule has 1 aromatic carbocycles. The van der Waals surface area contributed by atoms with Gasteiger partial charge in [-0.25, -0.2) is 8.42 Å². The smallest absolute Gasteiger partial charge is 0.264 e. The van der Waals surface area contributed by atoms with Gasteiger partial charge in [0.25, 0.3) is 10.0 Å². The van der Waals surface area contributed by atoms with Crippen molar-refractivity contribution in [1.29, 1.82) is 0 Å². The average molecular weight is 317 g/mol. The molecule has 90 valence electrons. The van der Waals surface area contributed by atoms with E-state index < -0.39 is 10.0 Å². The maximum atomic E-state index is 12.0. The average Bonchev–Trinajstić information content (AvgIpc) is 2.68. The number of H-pyrrole nitrogens is 1. The second kappa shape index (κ2) is 4.38. The monoisotopic (exact) mass is 316 g/mol. The van der Waals surface area contributed by atoms with Gasteiger partial charge in [-0.05, 0) is 18.2 Å². The van der Waals surface area contributed by atoms with Gasteiger partial charge in [-0.2, -0.15) is 5.10 Å². The lowest BCUT2D eigenvalue weighted by Gasteiger charge is -2.08. The Bertz CT molecular complexity index is 624. The highest BCUT2D eigenvalue weighted by atomic mass is 79.9. The molecular weight excluding hydrogens is 308 g/mol. The summed E-state index contributed by atoms with van der Waals surface area (Å²) in [5, 5.41) is 6.16. The van der Waals surface area contributed by atoms with Crippen LogP contribution in [0.3, 0.4) is 0 Å². The second-order valence-corrected chi connectivity index (χ2v) is 5.84. The topological polar surface area (TPSA) is 101 Å². The van der Waals surface area contributed by atoms with Crippen LogP contribution in [-0.4, -0.2) is 18.6 Å². The Labute approximate surface area is 106 Å². The van der Waals surface area contributed by atoms with E-state index in [1.807, 2.05) is 0 Å². The summed E-state index contributed by atoms with van der Waals surface area (Å²) in [5.74, 6) is 0. The Morgan fingerprint density at radius 3 is 2.76 bits per heavy atom. The summed E-state index contributed by atoms with van der Waals surface area (Å²) in [4.78, 5) is 0.0295. The van der Waals surface area contributed by atoms with Gasteiger partial charge in [-0.15, -0.1) is 0 Å². The number of hydrogen-bond donors (Lipinski definition) is 3. The molecule has 0 radical (unpaired) electrons. The molecule has 0 unspecified atom stereocenters. The van der Waals surface area contributed by atoms with Crippen molar-refractivity contribution in [2.45, 2.75) is 4.90 Å². The first kappa shape index (κ1) is 11.9. The van der Waals surface area contributed by atoms with Gasteiger partial charge in [-0.3, -0.25) is 9.82 Å². The van der Waals surface area contributed by atoms with Crippen LogP contribution in [0.1, 0.15) is 0 Å². The first-order chi connectivity index (χ1) is 7.99. The predicted octanol–water partition coefficient (Wildman–Crippen LogP) is 1.56.